The van der Waals surface area contributed by atoms with Gasteiger partial charge in [-0.25, -0.2) is 0 Å². The van der Waals surface area contributed by atoms with Gasteiger partial charge in [0.25, 0.3) is 5.91 Å². The minimum absolute atomic E-state index is 0.298. The van der Waals surface area contributed by atoms with Gasteiger partial charge in [0.05, 0.1) is 14.2 Å². The highest BCUT2D eigenvalue weighted by Gasteiger charge is 2.41. The summed E-state index contributed by atoms with van der Waals surface area (Å²) in [6.45, 7) is 7.77. The van der Waals surface area contributed by atoms with Crippen LogP contribution in [0.15, 0.2) is 36.4 Å². The molecule has 2 aromatic rings. The molecule has 3 N–H and O–H groups in total. The summed E-state index contributed by atoms with van der Waals surface area (Å²) in [5, 5.41) is 9.74. The lowest BCUT2D eigenvalue weighted by Crippen LogP contribution is -2.46. The Morgan fingerprint density at radius 3 is 2.42 bits per heavy atom. The van der Waals surface area contributed by atoms with Crippen molar-refractivity contribution in [3.05, 3.63) is 52.5 Å². The second-order valence-corrected chi connectivity index (χ2v) is 11.0. The van der Waals surface area contributed by atoms with E-state index in [1.807, 2.05) is 20.8 Å². The number of hydrogen-bond donors (Lipinski definition) is 2. The molecule has 10 heteroatoms. The Morgan fingerprint density at radius 2 is 1.84 bits per heavy atom. The van der Waals surface area contributed by atoms with Crippen LogP contribution in [0.2, 0.25) is 5.02 Å². The van der Waals surface area contributed by atoms with Crippen LogP contribution < -0.4 is 20.1 Å². The number of anilines is 1. The standard InChI is InChI=1S/C28H35ClN2O7/c1-15(23(30)27(34)35)20(32)13-22-26(33)31(14-28(2,3)4)19-11-10-16(29)12-18(19)24(38-22)17-8-7-9-21(36-5)25(17)37-6/h7-12,15,22-24H,13-14,30H2,1-6H3,(H,34,35)/t15?,22-,23?,24-/m1/s1. The van der Waals surface area contributed by atoms with E-state index in [1.165, 1.54) is 21.1 Å². The lowest BCUT2D eigenvalue weighted by atomic mass is 9.92. The fourth-order valence-electron chi connectivity index (χ4n) is 4.48. The van der Waals surface area contributed by atoms with E-state index in [-0.39, 0.29) is 11.8 Å². The molecule has 1 aliphatic rings. The number of methoxy groups -OCH3 is 2. The Balaban J connectivity index is 2.20. The van der Waals surface area contributed by atoms with Crippen molar-refractivity contribution < 1.29 is 33.7 Å². The van der Waals surface area contributed by atoms with Crippen LogP contribution in [0.1, 0.15) is 51.3 Å². The number of aliphatic carboxylic acids is 1. The molecule has 0 spiro atoms. The smallest absolute Gasteiger partial charge is 0.321 e. The molecule has 3 rings (SSSR count). The summed E-state index contributed by atoms with van der Waals surface area (Å²) in [4.78, 5) is 40.1. The summed E-state index contributed by atoms with van der Waals surface area (Å²) >= 11 is 6.42. The number of rotatable bonds is 9. The molecule has 0 saturated heterocycles. The number of ketones is 1. The number of carboxylic acid groups (broad SMARTS) is 1. The summed E-state index contributed by atoms with van der Waals surface area (Å²) in [7, 11) is 3.02. The van der Waals surface area contributed by atoms with E-state index in [0.717, 1.165) is 0 Å². The summed E-state index contributed by atoms with van der Waals surface area (Å²) in [5.74, 6) is -2.35. The first-order valence-corrected chi connectivity index (χ1v) is 12.6. The Hall–Kier alpha value is -3.14. The maximum atomic E-state index is 14.0. The maximum Gasteiger partial charge on any atom is 0.321 e. The molecule has 0 saturated carbocycles. The molecule has 38 heavy (non-hydrogen) atoms. The molecule has 1 heterocycles. The fourth-order valence-corrected chi connectivity index (χ4v) is 4.66. The van der Waals surface area contributed by atoms with E-state index in [1.54, 1.807) is 41.3 Å². The molecule has 2 unspecified atom stereocenters. The molecule has 0 bridgehead atoms. The number of benzene rings is 2. The average Bonchev–Trinajstić information content (AvgIpc) is 2.96. The lowest BCUT2D eigenvalue weighted by molar-refractivity contribution is -0.144. The number of Topliss-reactive ketones (excluding diaryl/α,β-unsaturated/α-hetero) is 1. The van der Waals surface area contributed by atoms with Crippen LogP contribution in [0.25, 0.3) is 0 Å². The molecule has 4 atom stereocenters. The van der Waals surface area contributed by atoms with Gasteiger partial charge in [0, 0.05) is 40.7 Å². The van der Waals surface area contributed by atoms with Gasteiger partial charge in [-0.15, -0.1) is 0 Å². The highest BCUT2D eigenvalue weighted by atomic mass is 35.5. The van der Waals surface area contributed by atoms with Crippen LogP contribution in [-0.4, -0.2) is 55.7 Å². The van der Waals surface area contributed by atoms with Gasteiger partial charge in [-0.3, -0.25) is 14.4 Å². The van der Waals surface area contributed by atoms with Gasteiger partial charge in [-0.2, -0.15) is 0 Å². The number of nitrogens with two attached hydrogens (primary N) is 1. The predicted molar refractivity (Wildman–Crippen MR) is 144 cm³/mol. The monoisotopic (exact) mass is 546 g/mol. The first-order valence-electron chi connectivity index (χ1n) is 12.3. The molecule has 9 nitrogen and oxygen atoms in total. The zero-order valence-corrected chi connectivity index (χ0v) is 23.2. The molecular formula is C28H35ClN2O7. The van der Waals surface area contributed by atoms with Crippen LogP contribution in [0.4, 0.5) is 5.69 Å². The Labute approximate surface area is 227 Å². The van der Waals surface area contributed by atoms with Crippen molar-refractivity contribution >= 4 is 34.9 Å². The third kappa shape index (κ3) is 6.28. The zero-order valence-electron chi connectivity index (χ0n) is 22.5. The largest absolute Gasteiger partial charge is 0.493 e. The molecule has 206 valence electrons. The number of amides is 1. The number of carbonyl (C=O) groups excluding carboxylic acids is 2. The molecule has 0 aromatic heterocycles. The normalized spacial score (nSPS) is 19.3. The van der Waals surface area contributed by atoms with Gasteiger partial charge >= 0.3 is 5.97 Å². The van der Waals surface area contributed by atoms with Crippen molar-refractivity contribution in [2.24, 2.45) is 17.1 Å². The zero-order chi connectivity index (χ0) is 28.4. The van der Waals surface area contributed by atoms with Crippen molar-refractivity contribution in [3.63, 3.8) is 0 Å². The first kappa shape index (κ1) is 29.4. The molecule has 0 fully saturated rings. The van der Waals surface area contributed by atoms with Crippen LogP contribution in [0, 0.1) is 11.3 Å². The number of fused-ring (bicyclic) bond motifs is 1. The number of hydrogen-bond acceptors (Lipinski definition) is 7. The fraction of sp³-hybridized carbons (Fsp3) is 0.464. The number of ether oxygens (including phenoxy) is 3. The summed E-state index contributed by atoms with van der Waals surface area (Å²) in [6.07, 6.45) is -2.43. The molecule has 0 aliphatic carbocycles. The third-order valence-corrected chi connectivity index (χ3v) is 6.71. The molecule has 0 radical (unpaired) electrons. The van der Waals surface area contributed by atoms with Gasteiger partial charge in [0.2, 0.25) is 0 Å². The summed E-state index contributed by atoms with van der Waals surface area (Å²) < 4.78 is 17.6. The molecular weight excluding hydrogens is 512 g/mol. The number of halogens is 1. The van der Waals surface area contributed by atoms with Crippen LogP contribution in [-0.2, 0) is 19.1 Å². The number of carboxylic acids is 1. The number of nitrogens with zero attached hydrogens (tertiary/aromatic N) is 1. The highest BCUT2D eigenvalue weighted by Crippen LogP contribution is 2.45. The Morgan fingerprint density at radius 1 is 1.16 bits per heavy atom. The summed E-state index contributed by atoms with van der Waals surface area (Å²) in [5.41, 5.74) is 7.20. The van der Waals surface area contributed by atoms with E-state index in [2.05, 4.69) is 0 Å². The SMILES string of the molecule is COc1cccc([C@H]2O[C@H](CC(=O)C(C)C(N)C(=O)O)C(=O)N(CC(C)(C)C)c3ccc(Cl)cc32)c1OC. The van der Waals surface area contributed by atoms with Crippen molar-refractivity contribution in [1.82, 2.24) is 0 Å². The van der Waals surface area contributed by atoms with Gasteiger partial charge < -0.3 is 30.0 Å². The van der Waals surface area contributed by atoms with Gasteiger partial charge in [0.1, 0.15) is 24.0 Å². The Kier molecular flexibility index (Phi) is 9.07. The van der Waals surface area contributed by atoms with Gasteiger partial charge in [0.15, 0.2) is 11.5 Å². The van der Waals surface area contributed by atoms with Crippen molar-refractivity contribution in [3.8, 4) is 11.5 Å². The number of para-hydroxylation sites is 1. The molecule has 1 aliphatic heterocycles. The van der Waals surface area contributed by atoms with E-state index < -0.39 is 41.8 Å². The molecule has 2 aromatic carbocycles. The van der Waals surface area contributed by atoms with Crippen molar-refractivity contribution in [2.75, 3.05) is 25.7 Å². The molecule has 1 amide bonds. The van der Waals surface area contributed by atoms with Crippen LogP contribution in [0.3, 0.4) is 0 Å². The minimum Gasteiger partial charge on any atom is -0.493 e. The van der Waals surface area contributed by atoms with Crippen molar-refractivity contribution in [1.29, 1.82) is 0 Å². The second kappa shape index (κ2) is 11.7. The van der Waals surface area contributed by atoms with E-state index in [0.29, 0.717) is 39.9 Å². The van der Waals surface area contributed by atoms with Gasteiger partial charge in [-0.05, 0) is 29.7 Å². The minimum atomic E-state index is -1.40. The quantitative estimate of drug-likeness (QED) is 0.478. The van der Waals surface area contributed by atoms with Crippen LogP contribution >= 0.6 is 11.6 Å². The van der Waals surface area contributed by atoms with Crippen molar-refractivity contribution in [2.45, 2.75) is 52.4 Å². The Bertz CT molecular complexity index is 1210. The van der Waals surface area contributed by atoms with E-state index in [4.69, 9.17) is 31.5 Å². The topological polar surface area (TPSA) is 128 Å². The summed E-state index contributed by atoms with van der Waals surface area (Å²) in [6, 6.07) is 9.10. The third-order valence-electron chi connectivity index (χ3n) is 6.47. The lowest BCUT2D eigenvalue weighted by Gasteiger charge is -2.31. The second-order valence-electron chi connectivity index (χ2n) is 10.6. The highest BCUT2D eigenvalue weighted by molar-refractivity contribution is 6.30. The van der Waals surface area contributed by atoms with E-state index >= 15 is 0 Å². The van der Waals surface area contributed by atoms with Crippen LogP contribution in [0.5, 0.6) is 11.5 Å². The van der Waals surface area contributed by atoms with Gasteiger partial charge in [-0.1, -0.05) is 51.4 Å². The maximum absolute atomic E-state index is 14.0. The first-order chi connectivity index (χ1) is 17.8. The predicted octanol–water partition coefficient (Wildman–Crippen LogP) is 4.23. The number of carbonyl (C=O) groups is 3. The average molecular weight is 547 g/mol. The van der Waals surface area contributed by atoms with E-state index in [9.17, 15) is 19.5 Å².